The van der Waals surface area contributed by atoms with E-state index >= 15 is 0 Å². The van der Waals surface area contributed by atoms with Crippen LogP contribution in [0, 0.1) is 6.92 Å². The molecule has 1 N–H and O–H groups in total. The lowest BCUT2D eigenvalue weighted by Crippen LogP contribution is -2.13. The van der Waals surface area contributed by atoms with Gasteiger partial charge in [-0.25, -0.2) is 9.78 Å². The Labute approximate surface area is 126 Å². The van der Waals surface area contributed by atoms with Gasteiger partial charge in [0.25, 0.3) is 0 Å². The van der Waals surface area contributed by atoms with E-state index in [0.717, 1.165) is 5.56 Å². The highest BCUT2D eigenvalue weighted by Crippen LogP contribution is 2.27. The molecular formula is C14H17N3O3S. The molecule has 2 heterocycles. The maximum atomic E-state index is 11.9. The molecule has 0 radical (unpaired) electrons. The van der Waals surface area contributed by atoms with Crippen LogP contribution in [0.25, 0.3) is 0 Å². The van der Waals surface area contributed by atoms with E-state index in [0.29, 0.717) is 29.5 Å². The lowest BCUT2D eigenvalue weighted by Gasteiger charge is -2.03. The number of anilines is 1. The maximum Gasteiger partial charge on any atom is 0.348 e. The van der Waals surface area contributed by atoms with Crippen molar-refractivity contribution in [2.45, 2.75) is 26.8 Å². The summed E-state index contributed by atoms with van der Waals surface area (Å²) in [7, 11) is 0. The molecule has 0 aromatic carbocycles. The first-order valence-electron chi connectivity index (χ1n) is 6.63. The summed E-state index contributed by atoms with van der Waals surface area (Å²) >= 11 is 1.23. The number of thiophene rings is 1. The molecule has 0 saturated carbocycles. The molecule has 0 aliphatic heterocycles. The van der Waals surface area contributed by atoms with Crippen molar-refractivity contribution >= 4 is 28.2 Å². The lowest BCUT2D eigenvalue weighted by atomic mass is 10.3. The van der Waals surface area contributed by atoms with Gasteiger partial charge in [-0.3, -0.25) is 4.79 Å². The number of ether oxygens (including phenoxy) is 1. The van der Waals surface area contributed by atoms with E-state index in [1.54, 1.807) is 31.7 Å². The highest BCUT2D eigenvalue weighted by atomic mass is 32.1. The zero-order chi connectivity index (χ0) is 15.2. The number of nitrogens with one attached hydrogen (secondary N) is 1. The molecule has 2 aromatic rings. The number of rotatable bonds is 6. The summed E-state index contributed by atoms with van der Waals surface area (Å²) in [6.45, 7) is 4.49. The molecule has 2 aromatic heterocycles. The first-order valence-corrected chi connectivity index (χ1v) is 7.45. The van der Waals surface area contributed by atoms with E-state index in [9.17, 15) is 9.59 Å². The van der Waals surface area contributed by atoms with Crippen LogP contribution in [0.2, 0.25) is 0 Å². The van der Waals surface area contributed by atoms with Crippen LogP contribution in [0.1, 0.15) is 28.6 Å². The average Bonchev–Trinajstić information content (AvgIpc) is 3.06. The fraction of sp³-hybridized carbons (Fsp3) is 0.357. The molecule has 2 rings (SSSR count). The third-order valence-electron chi connectivity index (χ3n) is 2.80. The zero-order valence-electron chi connectivity index (χ0n) is 12.0. The van der Waals surface area contributed by atoms with E-state index < -0.39 is 0 Å². The standard InChI is InChI=1S/C14H17N3O3S/c1-3-20-14(19)13-10(2)8-12(21-13)16-11(18)4-6-17-7-5-15-9-17/h5,7-9H,3-4,6H2,1-2H3,(H,16,18). The van der Waals surface area contributed by atoms with Crippen LogP contribution in [0.5, 0.6) is 0 Å². The highest BCUT2D eigenvalue weighted by Gasteiger charge is 2.15. The second kappa shape index (κ2) is 7.03. The van der Waals surface area contributed by atoms with Crippen LogP contribution in [0.15, 0.2) is 24.8 Å². The minimum Gasteiger partial charge on any atom is -0.462 e. The highest BCUT2D eigenvalue weighted by molar-refractivity contribution is 7.18. The van der Waals surface area contributed by atoms with Crippen LogP contribution in [0.3, 0.4) is 0 Å². The Balaban J connectivity index is 1.92. The second-order valence-corrected chi connectivity index (χ2v) is 5.49. The van der Waals surface area contributed by atoms with Crippen LogP contribution < -0.4 is 5.32 Å². The average molecular weight is 307 g/mol. The van der Waals surface area contributed by atoms with Gasteiger partial charge in [-0.1, -0.05) is 0 Å². The van der Waals surface area contributed by atoms with Gasteiger partial charge in [0.2, 0.25) is 5.91 Å². The number of carbonyl (C=O) groups is 2. The summed E-state index contributed by atoms with van der Waals surface area (Å²) in [5.74, 6) is -0.445. The Morgan fingerprint density at radius 1 is 1.48 bits per heavy atom. The Morgan fingerprint density at radius 3 is 2.95 bits per heavy atom. The maximum absolute atomic E-state index is 11.9. The first kappa shape index (κ1) is 15.2. The van der Waals surface area contributed by atoms with Gasteiger partial charge in [-0.05, 0) is 25.5 Å². The number of nitrogens with zero attached hydrogens (tertiary/aromatic N) is 2. The molecule has 0 bridgehead atoms. The van der Waals surface area contributed by atoms with E-state index in [2.05, 4.69) is 10.3 Å². The van der Waals surface area contributed by atoms with Crippen LogP contribution in [0.4, 0.5) is 5.00 Å². The summed E-state index contributed by atoms with van der Waals surface area (Å²) in [6, 6.07) is 1.78. The molecule has 112 valence electrons. The SMILES string of the molecule is CCOC(=O)c1sc(NC(=O)CCn2ccnc2)cc1C. The van der Waals surface area contributed by atoms with Gasteiger partial charge in [0.05, 0.1) is 17.9 Å². The molecule has 1 amide bonds. The summed E-state index contributed by atoms with van der Waals surface area (Å²) in [6.07, 6.45) is 5.50. The smallest absolute Gasteiger partial charge is 0.348 e. The molecule has 0 fully saturated rings. The number of hydrogen-bond donors (Lipinski definition) is 1. The lowest BCUT2D eigenvalue weighted by molar-refractivity contribution is -0.116. The van der Waals surface area contributed by atoms with Gasteiger partial charge >= 0.3 is 5.97 Å². The molecule has 0 atom stereocenters. The third kappa shape index (κ3) is 4.16. The van der Waals surface area contributed by atoms with Crippen LogP contribution in [-0.4, -0.2) is 28.0 Å². The van der Waals surface area contributed by atoms with Crippen molar-refractivity contribution in [2.24, 2.45) is 0 Å². The number of amides is 1. The number of carbonyl (C=O) groups excluding carboxylic acids is 2. The molecule has 7 heteroatoms. The molecule has 6 nitrogen and oxygen atoms in total. The summed E-state index contributed by atoms with van der Waals surface area (Å²) in [5, 5.41) is 3.46. The Hall–Kier alpha value is -2.15. The molecule has 0 unspecified atom stereocenters. The van der Waals surface area contributed by atoms with Gasteiger partial charge in [0, 0.05) is 25.4 Å². The molecule has 0 saturated heterocycles. The predicted octanol–water partition coefficient (Wildman–Crippen LogP) is 2.46. The number of aryl methyl sites for hydroxylation is 2. The quantitative estimate of drug-likeness (QED) is 0.832. The number of aromatic nitrogens is 2. The Kier molecular flexibility index (Phi) is 5.10. The van der Waals surface area contributed by atoms with Gasteiger partial charge in [0.1, 0.15) is 4.88 Å². The minimum atomic E-state index is -0.348. The Bertz CT molecular complexity index is 619. The van der Waals surface area contributed by atoms with E-state index in [1.807, 2.05) is 11.5 Å². The third-order valence-corrected chi connectivity index (χ3v) is 3.93. The molecule has 0 spiro atoms. The summed E-state index contributed by atoms with van der Waals surface area (Å²) < 4.78 is 6.81. The van der Waals surface area contributed by atoms with Crippen molar-refractivity contribution in [1.82, 2.24) is 9.55 Å². The molecule has 0 aliphatic carbocycles. The van der Waals surface area contributed by atoms with Crippen molar-refractivity contribution in [3.8, 4) is 0 Å². The fourth-order valence-corrected chi connectivity index (χ4v) is 2.78. The number of hydrogen-bond acceptors (Lipinski definition) is 5. The largest absolute Gasteiger partial charge is 0.462 e. The van der Waals surface area contributed by atoms with E-state index in [-0.39, 0.29) is 11.9 Å². The first-order chi connectivity index (χ1) is 10.1. The van der Waals surface area contributed by atoms with Crippen LogP contribution >= 0.6 is 11.3 Å². The van der Waals surface area contributed by atoms with Gasteiger partial charge in [-0.15, -0.1) is 11.3 Å². The fourth-order valence-electron chi connectivity index (χ4n) is 1.79. The van der Waals surface area contributed by atoms with E-state index in [4.69, 9.17) is 4.74 Å². The molecular weight excluding hydrogens is 290 g/mol. The monoisotopic (exact) mass is 307 g/mol. The normalized spacial score (nSPS) is 10.4. The van der Waals surface area contributed by atoms with Crippen LogP contribution in [-0.2, 0) is 16.1 Å². The van der Waals surface area contributed by atoms with Crippen molar-refractivity contribution in [2.75, 3.05) is 11.9 Å². The van der Waals surface area contributed by atoms with Crippen molar-refractivity contribution in [3.63, 3.8) is 0 Å². The summed E-state index contributed by atoms with van der Waals surface area (Å²) in [5.41, 5.74) is 0.809. The Morgan fingerprint density at radius 2 is 2.29 bits per heavy atom. The van der Waals surface area contributed by atoms with Gasteiger partial charge < -0.3 is 14.6 Å². The topological polar surface area (TPSA) is 73.2 Å². The van der Waals surface area contributed by atoms with Gasteiger partial charge in [0.15, 0.2) is 0 Å². The molecule has 21 heavy (non-hydrogen) atoms. The summed E-state index contributed by atoms with van der Waals surface area (Å²) in [4.78, 5) is 28.0. The number of esters is 1. The van der Waals surface area contributed by atoms with Crippen molar-refractivity contribution < 1.29 is 14.3 Å². The second-order valence-electron chi connectivity index (χ2n) is 4.44. The molecule has 0 aliphatic rings. The van der Waals surface area contributed by atoms with Crippen molar-refractivity contribution in [1.29, 1.82) is 0 Å². The zero-order valence-corrected chi connectivity index (χ0v) is 12.8. The minimum absolute atomic E-state index is 0.0969. The number of imidazole rings is 1. The predicted molar refractivity (Wildman–Crippen MR) is 80.5 cm³/mol. The van der Waals surface area contributed by atoms with Gasteiger partial charge in [-0.2, -0.15) is 0 Å². The van der Waals surface area contributed by atoms with E-state index in [1.165, 1.54) is 11.3 Å². The van der Waals surface area contributed by atoms with Crippen molar-refractivity contribution in [3.05, 3.63) is 35.2 Å².